The van der Waals surface area contributed by atoms with Gasteiger partial charge in [-0.05, 0) is 59.6 Å². The highest BCUT2D eigenvalue weighted by molar-refractivity contribution is 5.72. The standard InChI is InChI=1S/C25H30O2/c1-3-4-5-6-20-7-9-21(10-8-20)22-11-13-23(14-12-22)24-15-17-25(18-16-24)27-19(2)26/h9,11-18,20H,3-8,10H2,1-2H3. The average molecular weight is 363 g/mol. The number of hydrogen-bond donors (Lipinski definition) is 0. The summed E-state index contributed by atoms with van der Waals surface area (Å²) in [6.45, 7) is 3.69. The first kappa shape index (κ1) is 19.4. The molecule has 0 N–H and O–H groups in total. The van der Waals surface area contributed by atoms with E-state index in [1.807, 2.05) is 24.3 Å². The van der Waals surface area contributed by atoms with Gasteiger partial charge in [0.2, 0.25) is 0 Å². The van der Waals surface area contributed by atoms with Crippen molar-refractivity contribution in [2.24, 2.45) is 5.92 Å². The van der Waals surface area contributed by atoms with Gasteiger partial charge in [0.1, 0.15) is 5.75 Å². The SMILES string of the molecule is CCCCCC1CC=C(c2ccc(-c3ccc(OC(C)=O)cc3)cc2)CC1. The predicted molar refractivity (Wildman–Crippen MR) is 113 cm³/mol. The highest BCUT2D eigenvalue weighted by Crippen LogP contribution is 2.33. The fourth-order valence-electron chi connectivity index (χ4n) is 3.85. The van der Waals surface area contributed by atoms with Gasteiger partial charge in [-0.2, -0.15) is 0 Å². The molecule has 1 aliphatic carbocycles. The van der Waals surface area contributed by atoms with Gasteiger partial charge in [0.25, 0.3) is 0 Å². The van der Waals surface area contributed by atoms with Gasteiger partial charge in [-0.3, -0.25) is 4.79 Å². The van der Waals surface area contributed by atoms with Crippen molar-refractivity contribution in [3.8, 4) is 16.9 Å². The first-order chi connectivity index (χ1) is 13.2. The fourth-order valence-corrected chi connectivity index (χ4v) is 3.85. The molecule has 0 saturated heterocycles. The van der Waals surface area contributed by atoms with Crippen LogP contribution in [0, 0.1) is 5.92 Å². The van der Waals surface area contributed by atoms with Crippen LogP contribution in [-0.4, -0.2) is 5.97 Å². The number of unbranched alkanes of at least 4 members (excludes halogenated alkanes) is 2. The Morgan fingerprint density at radius 1 is 0.963 bits per heavy atom. The molecule has 1 aliphatic rings. The Morgan fingerprint density at radius 3 is 2.15 bits per heavy atom. The van der Waals surface area contributed by atoms with Crippen LogP contribution in [0.3, 0.4) is 0 Å². The normalized spacial score (nSPS) is 16.7. The van der Waals surface area contributed by atoms with Crippen LogP contribution in [-0.2, 0) is 4.79 Å². The summed E-state index contributed by atoms with van der Waals surface area (Å²) >= 11 is 0. The number of hydrogen-bond acceptors (Lipinski definition) is 2. The van der Waals surface area contributed by atoms with Crippen molar-refractivity contribution in [1.82, 2.24) is 0 Å². The quantitative estimate of drug-likeness (QED) is 0.300. The van der Waals surface area contributed by atoms with E-state index in [0.717, 1.165) is 11.5 Å². The molecule has 2 aromatic carbocycles. The van der Waals surface area contributed by atoms with Crippen LogP contribution in [0.4, 0.5) is 0 Å². The van der Waals surface area contributed by atoms with E-state index in [4.69, 9.17) is 4.74 Å². The van der Waals surface area contributed by atoms with Crippen LogP contribution in [0.1, 0.15) is 64.4 Å². The van der Waals surface area contributed by atoms with E-state index in [9.17, 15) is 4.79 Å². The molecule has 0 aromatic heterocycles. The number of benzene rings is 2. The van der Waals surface area contributed by atoms with Gasteiger partial charge in [0.15, 0.2) is 0 Å². The van der Waals surface area contributed by atoms with Gasteiger partial charge < -0.3 is 4.74 Å². The average Bonchev–Trinajstić information content (AvgIpc) is 2.69. The molecule has 27 heavy (non-hydrogen) atoms. The molecule has 2 heteroatoms. The Kier molecular flexibility index (Phi) is 6.86. The third-order valence-electron chi connectivity index (χ3n) is 5.44. The van der Waals surface area contributed by atoms with Crippen LogP contribution >= 0.6 is 0 Å². The maximum absolute atomic E-state index is 11.0. The summed E-state index contributed by atoms with van der Waals surface area (Å²) in [4.78, 5) is 11.0. The van der Waals surface area contributed by atoms with Crippen molar-refractivity contribution >= 4 is 11.5 Å². The van der Waals surface area contributed by atoms with Crippen LogP contribution < -0.4 is 4.74 Å². The van der Waals surface area contributed by atoms with Gasteiger partial charge in [-0.1, -0.05) is 75.1 Å². The van der Waals surface area contributed by atoms with Crippen molar-refractivity contribution in [3.63, 3.8) is 0 Å². The molecule has 0 spiro atoms. The lowest BCUT2D eigenvalue weighted by molar-refractivity contribution is -0.131. The Morgan fingerprint density at radius 2 is 1.59 bits per heavy atom. The van der Waals surface area contributed by atoms with Gasteiger partial charge in [0, 0.05) is 6.92 Å². The molecular formula is C25H30O2. The summed E-state index contributed by atoms with van der Waals surface area (Å²) in [5.74, 6) is 1.18. The van der Waals surface area contributed by atoms with Crippen LogP contribution in [0.5, 0.6) is 5.75 Å². The predicted octanol–water partition coefficient (Wildman–Crippen LogP) is 7.04. The molecule has 0 fully saturated rings. The highest BCUT2D eigenvalue weighted by atomic mass is 16.5. The van der Waals surface area contributed by atoms with Crippen molar-refractivity contribution in [2.45, 2.75) is 58.8 Å². The number of allylic oxidation sites excluding steroid dienone is 2. The lowest BCUT2D eigenvalue weighted by atomic mass is 9.83. The largest absolute Gasteiger partial charge is 0.427 e. The van der Waals surface area contributed by atoms with Gasteiger partial charge >= 0.3 is 5.97 Å². The summed E-state index contributed by atoms with van der Waals surface area (Å²) in [5.41, 5.74) is 5.16. The highest BCUT2D eigenvalue weighted by Gasteiger charge is 2.15. The number of rotatable bonds is 7. The fraction of sp³-hybridized carbons (Fsp3) is 0.400. The Labute approximate surface area is 163 Å². The van der Waals surface area contributed by atoms with Crippen molar-refractivity contribution in [1.29, 1.82) is 0 Å². The van der Waals surface area contributed by atoms with E-state index in [1.165, 1.54) is 68.6 Å². The van der Waals surface area contributed by atoms with Gasteiger partial charge in [-0.15, -0.1) is 0 Å². The minimum Gasteiger partial charge on any atom is -0.427 e. The summed E-state index contributed by atoms with van der Waals surface area (Å²) in [6.07, 6.45) is 11.7. The molecule has 0 bridgehead atoms. The lowest BCUT2D eigenvalue weighted by Gasteiger charge is -2.22. The molecule has 2 aromatic rings. The zero-order chi connectivity index (χ0) is 19.1. The minimum absolute atomic E-state index is 0.291. The molecule has 3 rings (SSSR count). The molecule has 0 heterocycles. The van der Waals surface area contributed by atoms with Crippen LogP contribution in [0.25, 0.3) is 16.7 Å². The summed E-state index contributed by atoms with van der Waals surface area (Å²) in [6, 6.07) is 16.5. The maximum Gasteiger partial charge on any atom is 0.308 e. The molecule has 0 aliphatic heterocycles. The molecule has 0 radical (unpaired) electrons. The number of ether oxygens (including phenoxy) is 1. The van der Waals surface area contributed by atoms with E-state index < -0.39 is 0 Å². The summed E-state index contributed by atoms with van der Waals surface area (Å²) in [7, 11) is 0. The van der Waals surface area contributed by atoms with Crippen LogP contribution in [0.15, 0.2) is 54.6 Å². The maximum atomic E-state index is 11.0. The second kappa shape index (κ2) is 9.55. The second-order valence-corrected chi connectivity index (χ2v) is 7.56. The molecule has 0 saturated carbocycles. The molecule has 142 valence electrons. The first-order valence-electron chi connectivity index (χ1n) is 10.2. The molecule has 1 unspecified atom stereocenters. The Balaban J connectivity index is 1.61. The topological polar surface area (TPSA) is 26.3 Å². The number of carbonyl (C=O) groups is 1. The molecular weight excluding hydrogens is 332 g/mol. The third-order valence-corrected chi connectivity index (χ3v) is 5.44. The summed E-state index contributed by atoms with van der Waals surface area (Å²) in [5, 5.41) is 0. The van der Waals surface area contributed by atoms with Crippen molar-refractivity contribution < 1.29 is 9.53 Å². The zero-order valence-corrected chi connectivity index (χ0v) is 16.5. The van der Waals surface area contributed by atoms with Crippen molar-refractivity contribution in [2.75, 3.05) is 0 Å². The van der Waals surface area contributed by atoms with E-state index in [0.29, 0.717) is 5.75 Å². The van der Waals surface area contributed by atoms with Gasteiger partial charge in [-0.25, -0.2) is 0 Å². The van der Waals surface area contributed by atoms with E-state index in [2.05, 4.69) is 37.3 Å². The third kappa shape index (κ3) is 5.56. The van der Waals surface area contributed by atoms with E-state index >= 15 is 0 Å². The monoisotopic (exact) mass is 362 g/mol. The number of esters is 1. The molecule has 0 amide bonds. The smallest absolute Gasteiger partial charge is 0.308 e. The first-order valence-corrected chi connectivity index (χ1v) is 10.2. The Bertz CT molecular complexity index is 769. The van der Waals surface area contributed by atoms with Crippen molar-refractivity contribution in [3.05, 3.63) is 60.2 Å². The Hall–Kier alpha value is -2.35. The molecule has 2 nitrogen and oxygen atoms in total. The molecule has 1 atom stereocenters. The van der Waals surface area contributed by atoms with Crippen LogP contribution in [0.2, 0.25) is 0 Å². The van der Waals surface area contributed by atoms with Gasteiger partial charge in [0.05, 0.1) is 0 Å². The van der Waals surface area contributed by atoms with E-state index in [-0.39, 0.29) is 5.97 Å². The number of carbonyl (C=O) groups excluding carboxylic acids is 1. The van der Waals surface area contributed by atoms with E-state index in [1.54, 1.807) is 0 Å². The lowest BCUT2D eigenvalue weighted by Crippen LogP contribution is -2.05. The minimum atomic E-state index is -0.291. The zero-order valence-electron chi connectivity index (χ0n) is 16.5. The second-order valence-electron chi connectivity index (χ2n) is 7.56. The summed E-state index contributed by atoms with van der Waals surface area (Å²) < 4.78 is 5.10.